The lowest BCUT2D eigenvalue weighted by Crippen LogP contribution is -2.44. The van der Waals surface area contributed by atoms with E-state index >= 15 is 0 Å². The van der Waals surface area contributed by atoms with Gasteiger partial charge in [0.2, 0.25) is 5.91 Å². The molecule has 0 aliphatic carbocycles. The van der Waals surface area contributed by atoms with Crippen LogP contribution in [0.4, 0.5) is 0 Å². The van der Waals surface area contributed by atoms with Gasteiger partial charge in [-0.05, 0) is 34.9 Å². The van der Waals surface area contributed by atoms with Crippen molar-refractivity contribution in [1.29, 1.82) is 0 Å². The third-order valence-corrected chi connectivity index (χ3v) is 5.98. The van der Waals surface area contributed by atoms with Crippen molar-refractivity contribution in [3.8, 4) is 0 Å². The maximum Gasteiger partial charge on any atom is 0.254 e. The molecule has 6 nitrogen and oxygen atoms in total. The Morgan fingerprint density at radius 2 is 1.56 bits per heavy atom. The average Bonchev–Trinajstić information content (AvgIpc) is 2.84. The zero-order chi connectivity index (χ0) is 22.3. The fourth-order valence-electron chi connectivity index (χ4n) is 4.11. The van der Waals surface area contributed by atoms with E-state index in [-0.39, 0.29) is 11.5 Å². The van der Waals surface area contributed by atoms with Gasteiger partial charge in [-0.1, -0.05) is 54.6 Å². The highest BCUT2D eigenvalue weighted by Crippen LogP contribution is 2.17. The Labute approximate surface area is 188 Å². The molecule has 0 spiro atoms. The molecule has 3 aromatic carbocycles. The van der Waals surface area contributed by atoms with Crippen LogP contribution in [0.25, 0.3) is 10.8 Å². The van der Waals surface area contributed by atoms with E-state index in [2.05, 4.69) is 35.2 Å². The molecular weight excluding hydrogens is 402 g/mol. The number of nitrogens with zero attached hydrogens (tertiary/aromatic N) is 2. The zero-order valence-corrected chi connectivity index (χ0v) is 18.2. The quantitative estimate of drug-likeness (QED) is 0.595. The van der Waals surface area contributed by atoms with Gasteiger partial charge in [-0.25, -0.2) is 0 Å². The maximum absolute atomic E-state index is 13.5. The van der Waals surface area contributed by atoms with E-state index in [1.807, 2.05) is 17.0 Å². The van der Waals surface area contributed by atoms with E-state index in [0.717, 1.165) is 39.3 Å². The zero-order valence-electron chi connectivity index (χ0n) is 18.2. The molecule has 1 heterocycles. The van der Waals surface area contributed by atoms with Gasteiger partial charge in [-0.3, -0.25) is 14.5 Å². The summed E-state index contributed by atoms with van der Waals surface area (Å²) in [6.07, 6.45) is 0.735. The van der Waals surface area contributed by atoms with Crippen molar-refractivity contribution < 1.29 is 14.3 Å². The molecule has 0 aromatic heterocycles. The first-order valence-corrected chi connectivity index (χ1v) is 11.1. The smallest absolute Gasteiger partial charge is 0.254 e. The summed E-state index contributed by atoms with van der Waals surface area (Å²) in [5.41, 5.74) is 7.33. The van der Waals surface area contributed by atoms with Gasteiger partial charge in [-0.2, -0.15) is 0 Å². The number of benzene rings is 3. The molecule has 0 unspecified atom stereocenters. The SMILES string of the molecule is NC(=O)c1ccccc1C(=O)N(CCc1ccc2ccccc2c1)CCN1CCOCC1. The summed E-state index contributed by atoms with van der Waals surface area (Å²) in [6.45, 7) is 5.08. The first kappa shape index (κ1) is 22.0. The minimum atomic E-state index is -0.586. The third-order valence-electron chi connectivity index (χ3n) is 5.98. The van der Waals surface area contributed by atoms with E-state index < -0.39 is 5.91 Å². The number of hydrogen-bond acceptors (Lipinski definition) is 4. The van der Waals surface area contributed by atoms with Crippen molar-refractivity contribution in [3.63, 3.8) is 0 Å². The molecule has 6 heteroatoms. The summed E-state index contributed by atoms with van der Waals surface area (Å²) < 4.78 is 5.43. The predicted molar refractivity (Wildman–Crippen MR) is 126 cm³/mol. The number of ether oxygens (including phenoxy) is 1. The van der Waals surface area contributed by atoms with Crippen LogP contribution in [-0.4, -0.2) is 67.6 Å². The summed E-state index contributed by atoms with van der Waals surface area (Å²) in [7, 11) is 0. The van der Waals surface area contributed by atoms with E-state index in [4.69, 9.17) is 10.5 Å². The van der Waals surface area contributed by atoms with E-state index in [0.29, 0.717) is 18.7 Å². The topological polar surface area (TPSA) is 75.9 Å². The largest absolute Gasteiger partial charge is 0.379 e. The van der Waals surface area contributed by atoms with Crippen molar-refractivity contribution in [1.82, 2.24) is 9.80 Å². The number of fused-ring (bicyclic) bond motifs is 1. The molecule has 4 rings (SSSR count). The Morgan fingerprint density at radius 3 is 2.31 bits per heavy atom. The van der Waals surface area contributed by atoms with Crippen LogP contribution < -0.4 is 5.73 Å². The van der Waals surface area contributed by atoms with Crippen LogP contribution in [-0.2, 0) is 11.2 Å². The van der Waals surface area contributed by atoms with Crippen LogP contribution in [0.5, 0.6) is 0 Å². The Bertz CT molecular complexity index is 1090. The van der Waals surface area contributed by atoms with Gasteiger partial charge >= 0.3 is 0 Å². The predicted octanol–water partition coefficient (Wildman–Crippen LogP) is 2.96. The van der Waals surface area contributed by atoms with Gasteiger partial charge in [0.1, 0.15) is 0 Å². The highest BCUT2D eigenvalue weighted by atomic mass is 16.5. The number of morpholine rings is 1. The molecule has 0 radical (unpaired) electrons. The first-order chi connectivity index (χ1) is 15.6. The van der Waals surface area contributed by atoms with Gasteiger partial charge in [0, 0.05) is 32.7 Å². The monoisotopic (exact) mass is 431 g/mol. The Hall–Kier alpha value is -3.22. The molecule has 1 fully saturated rings. The molecule has 2 amide bonds. The minimum Gasteiger partial charge on any atom is -0.379 e. The summed E-state index contributed by atoms with van der Waals surface area (Å²) in [4.78, 5) is 29.5. The Morgan fingerprint density at radius 1 is 0.875 bits per heavy atom. The molecule has 3 aromatic rings. The van der Waals surface area contributed by atoms with Crippen LogP contribution >= 0.6 is 0 Å². The van der Waals surface area contributed by atoms with Gasteiger partial charge in [0.05, 0.1) is 24.3 Å². The van der Waals surface area contributed by atoms with E-state index in [1.165, 1.54) is 16.3 Å². The number of carbonyl (C=O) groups excluding carboxylic acids is 2. The maximum atomic E-state index is 13.5. The number of amides is 2. The summed E-state index contributed by atoms with van der Waals surface area (Å²) in [5, 5.41) is 2.39. The first-order valence-electron chi connectivity index (χ1n) is 11.1. The molecule has 1 saturated heterocycles. The van der Waals surface area contributed by atoms with Crippen molar-refractivity contribution in [2.24, 2.45) is 5.73 Å². The van der Waals surface area contributed by atoms with Gasteiger partial charge < -0.3 is 15.4 Å². The van der Waals surface area contributed by atoms with Crippen LogP contribution in [0.3, 0.4) is 0 Å². The van der Waals surface area contributed by atoms with Crippen molar-refractivity contribution in [2.45, 2.75) is 6.42 Å². The lowest BCUT2D eigenvalue weighted by molar-refractivity contribution is 0.0325. The van der Waals surface area contributed by atoms with Gasteiger partial charge in [0.15, 0.2) is 0 Å². The lowest BCUT2D eigenvalue weighted by Gasteiger charge is -2.30. The minimum absolute atomic E-state index is 0.159. The number of rotatable bonds is 8. The van der Waals surface area contributed by atoms with Crippen LogP contribution in [0.2, 0.25) is 0 Å². The van der Waals surface area contributed by atoms with Crippen LogP contribution in [0.15, 0.2) is 66.7 Å². The second-order valence-corrected chi connectivity index (χ2v) is 8.09. The van der Waals surface area contributed by atoms with Crippen molar-refractivity contribution >= 4 is 22.6 Å². The number of hydrogen-bond donors (Lipinski definition) is 1. The van der Waals surface area contributed by atoms with E-state index in [9.17, 15) is 9.59 Å². The molecule has 0 saturated carbocycles. The lowest BCUT2D eigenvalue weighted by atomic mass is 10.0. The fraction of sp³-hybridized carbons (Fsp3) is 0.308. The molecule has 2 N–H and O–H groups in total. The molecule has 0 bridgehead atoms. The Balaban J connectivity index is 1.52. The van der Waals surface area contributed by atoms with E-state index in [1.54, 1.807) is 24.3 Å². The average molecular weight is 432 g/mol. The number of primary amides is 1. The van der Waals surface area contributed by atoms with Gasteiger partial charge in [-0.15, -0.1) is 0 Å². The number of nitrogens with two attached hydrogens (primary N) is 1. The molecule has 32 heavy (non-hydrogen) atoms. The summed E-state index contributed by atoms with van der Waals surface area (Å²) in [5.74, 6) is -0.745. The molecule has 1 aliphatic heterocycles. The number of carbonyl (C=O) groups is 2. The normalized spacial score (nSPS) is 14.4. The third kappa shape index (κ3) is 5.33. The standard InChI is InChI=1S/C26H29N3O3/c27-25(30)23-7-3-4-8-24(23)26(31)29(14-13-28-15-17-32-18-16-28)12-11-20-9-10-21-5-1-2-6-22(21)19-20/h1-10,19H,11-18H2,(H2,27,30). The summed E-state index contributed by atoms with van der Waals surface area (Å²) in [6, 6.07) is 21.5. The molecule has 166 valence electrons. The van der Waals surface area contributed by atoms with Crippen LogP contribution in [0, 0.1) is 0 Å². The molecular formula is C26H29N3O3. The summed E-state index contributed by atoms with van der Waals surface area (Å²) >= 11 is 0. The van der Waals surface area contributed by atoms with Crippen LogP contribution in [0.1, 0.15) is 26.3 Å². The highest BCUT2D eigenvalue weighted by Gasteiger charge is 2.22. The van der Waals surface area contributed by atoms with Crippen molar-refractivity contribution in [3.05, 3.63) is 83.4 Å². The highest BCUT2D eigenvalue weighted by molar-refractivity contribution is 6.06. The van der Waals surface area contributed by atoms with Gasteiger partial charge in [0.25, 0.3) is 5.91 Å². The Kier molecular flexibility index (Phi) is 7.14. The molecule has 0 atom stereocenters. The fourth-order valence-corrected chi connectivity index (χ4v) is 4.11. The second kappa shape index (κ2) is 10.4. The molecule has 1 aliphatic rings. The second-order valence-electron chi connectivity index (χ2n) is 8.09. The van der Waals surface area contributed by atoms with Crippen molar-refractivity contribution in [2.75, 3.05) is 45.9 Å².